The Morgan fingerprint density at radius 1 is 1.17 bits per heavy atom. The van der Waals surface area contributed by atoms with Crippen molar-refractivity contribution >= 4 is 16.8 Å². The number of carbonyl (C=O) groups is 1. The molecule has 0 atom stereocenters. The number of benzene rings is 2. The van der Waals surface area contributed by atoms with Gasteiger partial charge in [-0.25, -0.2) is 0 Å². The van der Waals surface area contributed by atoms with E-state index >= 15 is 0 Å². The number of aryl methyl sites for hydroxylation is 2. The molecule has 2 heterocycles. The first-order valence-electron chi connectivity index (χ1n) is 8.47. The molecule has 4 rings (SSSR count). The summed E-state index contributed by atoms with van der Waals surface area (Å²) in [7, 11) is 0. The summed E-state index contributed by atoms with van der Waals surface area (Å²) in [5.41, 5.74) is 4.97. The molecular weight excluding hydrogens is 298 g/mol. The molecule has 2 aromatic carbocycles. The zero-order chi connectivity index (χ0) is 16.5. The number of hydrogen-bond donors (Lipinski definition) is 0. The van der Waals surface area contributed by atoms with Crippen LogP contribution in [0.2, 0.25) is 0 Å². The van der Waals surface area contributed by atoms with Crippen LogP contribution in [0.4, 0.5) is 0 Å². The van der Waals surface area contributed by atoms with Crippen molar-refractivity contribution in [3.63, 3.8) is 0 Å². The van der Waals surface area contributed by atoms with Crippen molar-refractivity contribution in [2.45, 2.75) is 32.9 Å². The minimum atomic E-state index is 0.209. The molecule has 0 radical (unpaired) electrons. The van der Waals surface area contributed by atoms with Crippen LogP contribution in [0.5, 0.6) is 0 Å². The third kappa shape index (κ3) is 2.80. The highest BCUT2D eigenvalue weighted by Crippen LogP contribution is 2.20. The first-order valence-corrected chi connectivity index (χ1v) is 8.47. The van der Waals surface area contributed by atoms with Crippen LogP contribution >= 0.6 is 0 Å². The molecule has 1 aliphatic heterocycles. The van der Waals surface area contributed by atoms with Crippen LogP contribution in [0, 0.1) is 6.92 Å². The van der Waals surface area contributed by atoms with Crippen LogP contribution in [0.1, 0.15) is 23.1 Å². The molecule has 0 N–H and O–H groups in total. The summed E-state index contributed by atoms with van der Waals surface area (Å²) in [6.07, 6.45) is 3.32. The largest absolute Gasteiger partial charge is 0.338 e. The van der Waals surface area contributed by atoms with E-state index in [1.54, 1.807) is 0 Å². The van der Waals surface area contributed by atoms with Crippen LogP contribution in [0.15, 0.2) is 48.7 Å². The van der Waals surface area contributed by atoms with Crippen molar-refractivity contribution in [3.8, 4) is 0 Å². The van der Waals surface area contributed by atoms with E-state index in [0.29, 0.717) is 13.0 Å². The highest BCUT2D eigenvalue weighted by atomic mass is 16.2. The zero-order valence-electron chi connectivity index (χ0n) is 13.9. The van der Waals surface area contributed by atoms with Gasteiger partial charge in [-0.15, -0.1) is 0 Å². The molecule has 0 fully saturated rings. The smallest absolute Gasteiger partial charge is 0.224 e. The maximum absolute atomic E-state index is 12.6. The molecule has 0 saturated carbocycles. The predicted octanol–water partition coefficient (Wildman–Crippen LogP) is 3.32. The lowest BCUT2D eigenvalue weighted by Crippen LogP contribution is -2.36. The third-order valence-electron chi connectivity index (χ3n) is 4.82. The van der Waals surface area contributed by atoms with E-state index in [4.69, 9.17) is 0 Å². The van der Waals surface area contributed by atoms with E-state index in [9.17, 15) is 4.79 Å². The van der Waals surface area contributed by atoms with Crippen molar-refractivity contribution < 1.29 is 4.79 Å². The number of carbonyl (C=O) groups excluding carboxylic acids is 1. The van der Waals surface area contributed by atoms with Gasteiger partial charge >= 0.3 is 0 Å². The van der Waals surface area contributed by atoms with Gasteiger partial charge in [-0.1, -0.05) is 35.9 Å². The van der Waals surface area contributed by atoms with Gasteiger partial charge in [0.1, 0.15) is 0 Å². The summed E-state index contributed by atoms with van der Waals surface area (Å²) in [6, 6.07) is 14.7. The lowest BCUT2D eigenvalue weighted by atomic mass is 10.00. The average Bonchev–Trinajstić information content (AvgIpc) is 3.01. The van der Waals surface area contributed by atoms with E-state index in [-0.39, 0.29) is 5.91 Å². The molecule has 1 aliphatic rings. The van der Waals surface area contributed by atoms with Gasteiger partial charge in [-0.3, -0.25) is 9.48 Å². The van der Waals surface area contributed by atoms with E-state index in [1.807, 2.05) is 21.8 Å². The molecule has 3 aromatic rings. The molecule has 0 saturated heterocycles. The summed E-state index contributed by atoms with van der Waals surface area (Å²) in [5, 5.41) is 5.57. The third-order valence-corrected chi connectivity index (χ3v) is 4.82. The lowest BCUT2D eigenvalue weighted by molar-refractivity contribution is -0.132. The standard InChI is InChI=1S/C20H21N3O/c1-15-6-7-19-18(12-15)13-21-23(19)11-9-20(24)22-10-8-16-4-2-3-5-17(16)14-22/h2-7,12-13H,8-11,14H2,1H3. The van der Waals surface area contributed by atoms with E-state index in [0.717, 1.165) is 30.4 Å². The monoisotopic (exact) mass is 319 g/mol. The Morgan fingerprint density at radius 2 is 2.00 bits per heavy atom. The zero-order valence-corrected chi connectivity index (χ0v) is 13.9. The fourth-order valence-corrected chi connectivity index (χ4v) is 3.45. The normalized spacial score (nSPS) is 14.0. The number of aromatic nitrogens is 2. The average molecular weight is 319 g/mol. The van der Waals surface area contributed by atoms with Crippen LogP contribution < -0.4 is 0 Å². The molecule has 0 spiro atoms. The Hall–Kier alpha value is -2.62. The highest BCUT2D eigenvalue weighted by molar-refractivity contribution is 5.80. The number of nitrogens with zero attached hydrogens (tertiary/aromatic N) is 3. The van der Waals surface area contributed by atoms with Crippen LogP contribution in [-0.2, 0) is 24.3 Å². The Balaban J connectivity index is 1.43. The van der Waals surface area contributed by atoms with Gasteiger partial charge in [0.25, 0.3) is 0 Å². The number of fused-ring (bicyclic) bond motifs is 2. The Kier molecular flexibility index (Phi) is 3.81. The van der Waals surface area contributed by atoms with E-state index in [2.05, 4.69) is 48.4 Å². The second-order valence-corrected chi connectivity index (χ2v) is 6.51. The summed E-state index contributed by atoms with van der Waals surface area (Å²) in [4.78, 5) is 14.5. The van der Waals surface area contributed by atoms with Crippen molar-refractivity contribution in [1.82, 2.24) is 14.7 Å². The second-order valence-electron chi connectivity index (χ2n) is 6.51. The van der Waals surface area contributed by atoms with Gasteiger partial charge in [0.15, 0.2) is 0 Å². The molecule has 4 heteroatoms. The minimum absolute atomic E-state index is 0.209. The Morgan fingerprint density at radius 3 is 2.88 bits per heavy atom. The maximum atomic E-state index is 12.6. The second kappa shape index (κ2) is 6.11. The molecule has 1 aromatic heterocycles. The summed E-state index contributed by atoms with van der Waals surface area (Å²) < 4.78 is 1.94. The van der Waals surface area contributed by atoms with E-state index < -0.39 is 0 Å². The molecule has 122 valence electrons. The first kappa shape index (κ1) is 14.9. The predicted molar refractivity (Wildman–Crippen MR) is 94.7 cm³/mol. The van der Waals surface area contributed by atoms with Gasteiger partial charge in [0, 0.05) is 24.9 Å². The topological polar surface area (TPSA) is 38.1 Å². The number of rotatable bonds is 3. The van der Waals surface area contributed by atoms with Gasteiger partial charge < -0.3 is 4.90 Å². The van der Waals surface area contributed by atoms with E-state index in [1.165, 1.54) is 16.7 Å². The summed E-state index contributed by atoms with van der Waals surface area (Å²) >= 11 is 0. The van der Waals surface area contributed by atoms with Crippen LogP contribution in [0.3, 0.4) is 0 Å². The summed E-state index contributed by atoms with van der Waals surface area (Å²) in [5.74, 6) is 0.209. The van der Waals surface area contributed by atoms with Gasteiger partial charge in [-0.2, -0.15) is 5.10 Å². The molecule has 0 bridgehead atoms. The molecular formula is C20H21N3O. The number of amides is 1. The Labute approximate surface area is 141 Å². The molecule has 4 nitrogen and oxygen atoms in total. The van der Waals surface area contributed by atoms with Crippen molar-refractivity contribution in [2.75, 3.05) is 6.54 Å². The van der Waals surface area contributed by atoms with Crippen LogP contribution in [0.25, 0.3) is 10.9 Å². The van der Waals surface area contributed by atoms with Crippen molar-refractivity contribution in [2.24, 2.45) is 0 Å². The maximum Gasteiger partial charge on any atom is 0.224 e. The minimum Gasteiger partial charge on any atom is -0.338 e. The lowest BCUT2D eigenvalue weighted by Gasteiger charge is -2.29. The molecule has 1 amide bonds. The quantitative estimate of drug-likeness (QED) is 0.743. The fraction of sp³-hybridized carbons (Fsp3) is 0.300. The van der Waals surface area contributed by atoms with Crippen molar-refractivity contribution in [3.05, 3.63) is 65.4 Å². The van der Waals surface area contributed by atoms with Gasteiger partial charge in [0.05, 0.1) is 18.3 Å². The van der Waals surface area contributed by atoms with Crippen molar-refractivity contribution in [1.29, 1.82) is 0 Å². The Bertz CT molecular complexity index is 897. The first-order chi connectivity index (χ1) is 11.7. The molecule has 0 unspecified atom stereocenters. The van der Waals surface area contributed by atoms with Gasteiger partial charge in [0.2, 0.25) is 5.91 Å². The summed E-state index contributed by atoms with van der Waals surface area (Å²) in [6.45, 7) is 4.25. The van der Waals surface area contributed by atoms with Gasteiger partial charge in [-0.05, 0) is 36.6 Å². The molecule has 24 heavy (non-hydrogen) atoms. The van der Waals surface area contributed by atoms with Crippen LogP contribution in [-0.4, -0.2) is 27.1 Å². The fourth-order valence-electron chi connectivity index (χ4n) is 3.45. The number of hydrogen-bond acceptors (Lipinski definition) is 2. The molecule has 0 aliphatic carbocycles. The highest BCUT2D eigenvalue weighted by Gasteiger charge is 2.20. The SMILES string of the molecule is Cc1ccc2c(cnn2CCC(=O)N2CCc3ccccc3C2)c1.